The fourth-order valence-corrected chi connectivity index (χ4v) is 1.14. The SMILES string of the molecule is COc1ccc2nccc(N)c2n1.O=C(O)C(=O)O. The third kappa shape index (κ3) is 3.80. The van der Waals surface area contributed by atoms with Gasteiger partial charge in [-0.05, 0) is 12.1 Å². The Morgan fingerprint density at radius 2 is 1.84 bits per heavy atom. The first-order chi connectivity index (χ1) is 8.95. The zero-order valence-corrected chi connectivity index (χ0v) is 9.90. The van der Waals surface area contributed by atoms with E-state index in [1.54, 1.807) is 25.4 Å². The lowest BCUT2D eigenvalue weighted by molar-refractivity contribution is -0.159. The van der Waals surface area contributed by atoms with E-state index in [2.05, 4.69) is 9.97 Å². The highest BCUT2D eigenvalue weighted by Gasteiger charge is 2.04. The number of ether oxygens (including phenoxy) is 1. The summed E-state index contributed by atoms with van der Waals surface area (Å²) < 4.78 is 4.98. The van der Waals surface area contributed by atoms with E-state index < -0.39 is 11.9 Å². The number of hydrogen-bond donors (Lipinski definition) is 3. The molecule has 0 fully saturated rings. The first-order valence-electron chi connectivity index (χ1n) is 4.97. The smallest absolute Gasteiger partial charge is 0.414 e. The summed E-state index contributed by atoms with van der Waals surface area (Å²) in [5, 5.41) is 14.8. The lowest BCUT2D eigenvalue weighted by atomic mass is 10.3. The van der Waals surface area contributed by atoms with Crippen LogP contribution in [0.15, 0.2) is 24.4 Å². The molecule has 4 N–H and O–H groups in total. The fourth-order valence-electron chi connectivity index (χ4n) is 1.14. The van der Waals surface area contributed by atoms with E-state index in [9.17, 15) is 0 Å². The van der Waals surface area contributed by atoms with Crippen molar-refractivity contribution in [3.8, 4) is 5.88 Å². The number of aromatic nitrogens is 2. The Morgan fingerprint density at radius 3 is 2.37 bits per heavy atom. The lowest BCUT2D eigenvalue weighted by Gasteiger charge is -2.02. The largest absolute Gasteiger partial charge is 0.481 e. The zero-order valence-electron chi connectivity index (χ0n) is 9.90. The predicted molar refractivity (Wildman–Crippen MR) is 65.8 cm³/mol. The summed E-state index contributed by atoms with van der Waals surface area (Å²) in [5.74, 6) is -3.10. The summed E-state index contributed by atoms with van der Waals surface area (Å²) in [6, 6.07) is 5.31. The molecule has 0 saturated heterocycles. The van der Waals surface area contributed by atoms with Crippen LogP contribution in [0, 0.1) is 0 Å². The zero-order chi connectivity index (χ0) is 14.4. The van der Waals surface area contributed by atoms with Gasteiger partial charge < -0.3 is 20.7 Å². The van der Waals surface area contributed by atoms with Crippen molar-refractivity contribution in [1.29, 1.82) is 0 Å². The van der Waals surface area contributed by atoms with Crippen LogP contribution in [0.4, 0.5) is 5.69 Å². The van der Waals surface area contributed by atoms with Crippen LogP contribution in [0.3, 0.4) is 0 Å². The second-order valence-corrected chi connectivity index (χ2v) is 3.23. The molecule has 8 heteroatoms. The Kier molecular flexibility index (Phi) is 4.58. The Bertz CT molecular complexity index is 602. The molecular weight excluding hydrogens is 254 g/mol. The molecule has 0 spiro atoms. The summed E-state index contributed by atoms with van der Waals surface area (Å²) >= 11 is 0. The van der Waals surface area contributed by atoms with Gasteiger partial charge in [-0.2, -0.15) is 0 Å². The van der Waals surface area contributed by atoms with Crippen molar-refractivity contribution in [3.63, 3.8) is 0 Å². The molecule has 0 aliphatic carbocycles. The average molecular weight is 265 g/mol. The number of pyridine rings is 2. The summed E-state index contributed by atoms with van der Waals surface area (Å²) in [6.07, 6.45) is 1.66. The molecule has 2 rings (SSSR count). The Balaban J connectivity index is 0.000000258. The molecule has 0 aliphatic rings. The number of hydrogen-bond acceptors (Lipinski definition) is 6. The Labute approximate surface area is 107 Å². The van der Waals surface area contributed by atoms with Crippen molar-refractivity contribution in [2.24, 2.45) is 0 Å². The number of aliphatic carboxylic acids is 2. The number of carboxylic acids is 2. The number of rotatable bonds is 1. The number of carboxylic acid groups (broad SMARTS) is 2. The standard InChI is InChI=1S/C9H9N3O.C2H2O4/c1-13-8-3-2-7-9(12-8)6(10)4-5-11-7;3-1(4)2(5)6/h2-5H,1H3,(H2,10,11);(H,3,4)(H,5,6). The number of anilines is 1. The summed E-state index contributed by atoms with van der Waals surface area (Å²) in [7, 11) is 1.57. The molecule has 0 radical (unpaired) electrons. The molecule has 8 nitrogen and oxygen atoms in total. The van der Waals surface area contributed by atoms with Crippen molar-refractivity contribution < 1.29 is 24.5 Å². The number of nitrogens with zero attached hydrogens (tertiary/aromatic N) is 2. The highest BCUT2D eigenvalue weighted by Crippen LogP contribution is 2.19. The maximum atomic E-state index is 9.10. The molecule has 2 heterocycles. The number of nitrogen functional groups attached to an aromatic ring is 1. The molecular formula is C11H11N3O5. The van der Waals surface area contributed by atoms with Crippen LogP contribution in [-0.4, -0.2) is 39.2 Å². The minimum Gasteiger partial charge on any atom is -0.481 e. The Morgan fingerprint density at radius 1 is 1.21 bits per heavy atom. The van der Waals surface area contributed by atoms with Gasteiger partial charge in [0.15, 0.2) is 0 Å². The average Bonchev–Trinajstić information content (AvgIpc) is 2.39. The molecule has 0 amide bonds. The second-order valence-electron chi connectivity index (χ2n) is 3.23. The van der Waals surface area contributed by atoms with Crippen LogP contribution in [0.2, 0.25) is 0 Å². The van der Waals surface area contributed by atoms with Gasteiger partial charge in [0.2, 0.25) is 5.88 Å². The van der Waals surface area contributed by atoms with Crippen molar-refractivity contribution >= 4 is 28.7 Å². The number of nitrogens with two attached hydrogens (primary N) is 1. The molecule has 2 aromatic heterocycles. The third-order valence-corrected chi connectivity index (χ3v) is 1.98. The van der Waals surface area contributed by atoms with Crippen LogP contribution in [0.5, 0.6) is 5.88 Å². The van der Waals surface area contributed by atoms with Crippen LogP contribution >= 0.6 is 0 Å². The summed E-state index contributed by atoms with van der Waals surface area (Å²) in [5.41, 5.74) is 7.80. The molecule has 2 aromatic rings. The van der Waals surface area contributed by atoms with Gasteiger partial charge in [-0.25, -0.2) is 14.6 Å². The van der Waals surface area contributed by atoms with Gasteiger partial charge >= 0.3 is 11.9 Å². The molecule has 100 valence electrons. The maximum absolute atomic E-state index is 9.10. The quantitative estimate of drug-likeness (QED) is 0.629. The van der Waals surface area contributed by atoms with E-state index in [4.69, 9.17) is 30.3 Å². The second kappa shape index (κ2) is 6.15. The van der Waals surface area contributed by atoms with Crippen LogP contribution in [-0.2, 0) is 9.59 Å². The monoisotopic (exact) mass is 265 g/mol. The van der Waals surface area contributed by atoms with E-state index in [-0.39, 0.29) is 0 Å². The van der Waals surface area contributed by atoms with Crippen molar-refractivity contribution in [1.82, 2.24) is 9.97 Å². The van der Waals surface area contributed by atoms with Crippen molar-refractivity contribution in [2.75, 3.05) is 12.8 Å². The highest BCUT2D eigenvalue weighted by molar-refractivity contribution is 6.27. The van der Waals surface area contributed by atoms with E-state index in [1.807, 2.05) is 6.07 Å². The lowest BCUT2D eigenvalue weighted by Crippen LogP contribution is -2.09. The minimum absolute atomic E-state index is 0.548. The molecule has 0 saturated carbocycles. The van der Waals surface area contributed by atoms with Gasteiger partial charge in [0.05, 0.1) is 18.3 Å². The molecule has 0 unspecified atom stereocenters. The van der Waals surface area contributed by atoms with Gasteiger partial charge in [0.25, 0.3) is 0 Å². The number of fused-ring (bicyclic) bond motifs is 1. The topological polar surface area (TPSA) is 136 Å². The van der Waals surface area contributed by atoms with Gasteiger partial charge in [-0.3, -0.25) is 4.98 Å². The molecule has 19 heavy (non-hydrogen) atoms. The van der Waals surface area contributed by atoms with E-state index in [1.165, 1.54) is 0 Å². The van der Waals surface area contributed by atoms with E-state index >= 15 is 0 Å². The van der Waals surface area contributed by atoms with E-state index in [0.717, 1.165) is 5.52 Å². The molecule has 0 aromatic carbocycles. The van der Waals surface area contributed by atoms with Crippen LogP contribution < -0.4 is 10.5 Å². The minimum atomic E-state index is -1.82. The summed E-state index contributed by atoms with van der Waals surface area (Å²) in [4.78, 5) is 26.5. The van der Waals surface area contributed by atoms with Gasteiger partial charge in [0, 0.05) is 12.3 Å². The third-order valence-electron chi connectivity index (χ3n) is 1.98. The fraction of sp³-hybridized carbons (Fsp3) is 0.0909. The van der Waals surface area contributed by atoms with Crippen molar-refractivity contribution in [3.05, 3.63) is 24.4 Å². The molecule has 0 atom stereocenters. The van der Waals surface area contributed by atoms with Crippen LogP contribution in [0.25, 0.3) is 11.0 Å². The van der Waals surface area contributed by atoms with Gasteiger partial charge in [-0.1, -0.05) is 0 Å². The number of methoxy groups -OCH3 is 1. The normalized spacial score (nSPS) is 9.32. The van der Waals surface area contributed by atoms with Gasteiger partial charge in [-0.15, -0.1) is 0 Å². The van der Waals surface area contributed by atoms with Crippen molar-refractivity contribution in [2.45, 2.75) is 0 Å². The highest BCUT2D eigenvalue weighted by atomic mass is 16.5. The first kappa shape index (κ1) is 14.2. The Hall–Kier alpha value is -2.90. The van der Waals surface area contributed by atoms with Gasteiger partial charge in [0.1, 0.15) is 5.52 Å². The van der Waals surface area contributed by atoms with Crippen LogP contribution in [0.1, 0.15) is 0 Å². The molecule has 0 bridgehead atoms. The maximum Gasteiger partial charge on any atom is 0.414 e. The first-order valence-corrected chi connectivity index (χ1v) is 4.97. The predicted octanol–water partition coefficient (Wildman–Crippen LogP) is 0.376. The molecule has 0 aliphatic heterocycles. The van der Waals surface area contributed by atoms with E-state index in [0.29, 0.717) is 17.1 Å². The summed E-state index contributed by atoms with van der Waals surface area (Å²) in [6.45, 7) is 0. The number of carbonyl (C=O) groups is 2.